The fourth-order valence-corrected chi connectivity index (χ4v) is 4.54. The van der Waals surface area contributed by atoms with E-state index in [1.807, 2.05) is 26.0 Å². The van der Waals surface area contributed by atoms with Gasteiger partial charge in [0, 0.05) is 38.6 Å². The summed E-state index contributed by atoms with van der Waals surface area (Å²) >= 11 is 0. The quantitative estimate of drug-likeness (QED) is 0.218. The highest BCUT2D eigenvalue weighted by molar-refractivity contribution is 5.89. The van der Waals surface area contributed by atoms with Gasteiger partial charge in [-0.1, -0.05) is 39.5 Å². The Morgan fingerprint density at radius 1 is 0.711 bits per heavy atom. The Kier molecular flexibility index (Phi) is 11.8. The second kappa shape index (κ2) is 15.3. The molecule has 0 N–H and O–H groups in total. The highest BCUT2D eigenvalue weighted by Crippen LogP contribution is 2.19. The topological polar surface area (TPSA) is 84.9 Å². The maximum absolute atomic E-state index is 12.4. The van der Waals surface area contributed by atoms with E-state index in [1.54, 1.807) is 24.5 Å². The molecule has 0 spiro atoms. The fourth-order valence-electron chi connectivity index (χ4n) is 4.54. The van der Waals surface area contributed by atoms with Crippen molar-refractivity contribution in [2.24, 2.45) is 0 Å². The molecule has 0 bridgehead atoms. The zero-order valence-electron chi connectivity index (χ0n) is 23.5. The van der Waals surface area contributed by atoms with E-state index < -0.39 is 0 Å². The van der Waals surface area contributed by atoms with Crippen LogP contribution in [0.5, 0.6) is 0 Å². The Hall–Kier alpha value is -3.16. The number of unbranched alkanes of at least 4 members (excludes halogenated alkanes) is 4. The zero-order chi connectivity index (χ0) is 27.3. The highest BCUT2D eigenvalue weighted by atomic mass is 16.5. The van der Waals surface area contributed by atoms with Crippen molar-refractivity contribution in [3.63, 3.8) is 0 Å². The third kappa shape index (κ3) is 8.99. The number of hydrogen-bond acceptors (Lipinski definition) is 8. The largest absolute Gasteiger partial charge is 0.459 e. The molecule has 8 nitrogen and oxygen atoms in total. The third-order valence-electron chi connectivity index (χ3n) is 6.94. The summed E-state index contributed by atoms with van der Waals surface area (Å²) in [6, 6.07) is 7.35. The van der Waals surface area contributed by atoms with E-state index in [-0.39, 0.29) is 24.1 Å². The van der Waals surface area contributed by atoms with Crippen molar-refractivity contribution >= 4 is 23.6 Å². The lowest BCUT2D eigenvalue weighted by Gasteiger charge is -2.36. The van der Waals surface area contributed by atoms with Gasteiger partial charge in [0.15, 0.2) is 0 Å². The summed E-state index contributed by atoms with van der Waals surface area (Å²) in [4.78, 5) is 38.3. The molecule has 2 aromatic heterocycles. The van der Waals surface area contributed by atoms with Gasteiger partial charge < -0.3 is 19.3 Å². The van der Waals surface area contributed by atoms with Crippen LogP contribution in [0.1, 0.15) is 99.8 Å². The first-order valence-corrected chi connectivity index (χ1v) is 14.2. The summed E-state index contributed by atoms with van der Waals surface area (Å²) in [5, 5.41) is 0. The van der Waals surface area contributed by atoms with Gasteiger partial charge >= 0.3 is 11.9 Å². The van der Waals surface area contributed by atoms with E-state index >= 15 is 0 Å². The average molecular weight is 525 g/mol. The number of anilines is 2. The van der Waals surface area contributed by atoms with Crippen molar-refractivity contribution in [2.75, 3.05) is 36.0 Å². The van der Waals surface area contributed by atoms with Crippen molar-refractivity contribution in [1.29, 1.82) is 0 Å². The Balaban J connectivity index is 1.45. The summed E-state index contributed by atoms with van der Waals surface area (Å²) in [5.74, 6) is 1.05. The average Bonchev–Trinajstić information content (AvgIpc) is 2.93. The van der Waals surface area contributed by atoms with Crippen molar-refractivity contribution in [3.8, 4) is 0 Å². The third-order valence-corrected chi connectivity index (χ3v) is 6.94. The van der Waals surface area contributed by atoms with Crippen LogP contribution in [-0.2, 0) is 9.47 Å². The normalized spacial score (nSPS) is 15.2. The molecule has 1 saturated heterocycles. The number of nitrogens with zero attached hydrogens (tertiary/aromatic N) is 4. The minimum absolute atomic E-state index is 0.0887. The monoisotopic (exact) mass is 524 g/mol. The molecule has 3 rings (SSSR count). The summed E-state index contributed by atoms with van der Waals surface area (Å²) in [7, 11) is 0. The van der Waals surface area contributed by atoms with Gasteiger partial charge in [-0.25, -0.2) is 19.6 Å². The molecule has 0 aromatic carbocycles. The molecule has 1 unspecified atom stereocenters. The number of pyridine rings is 2. The van der Waals surface area contributed by atoms with Gasteiger partial charge in [0.05, 0.1) is 23.3 Å². The molecular formula is C30H44N4O4. The number of carbonyl (C=O) groups is 2. The van der Waals surface area contributed by atoms with Crippen LogP contribution in [0.4, 0.5) is 11.6 Å². The van der Waals surface area contributed by atoms with Crippen molar-refractivity contribution in [2.45, 2.75) is 91.3 Å². The minimum Gasteiger partial charge on any atom is -0.459 e. The predicted octanol–water partition coefficient (Wildman–Crippen LogP) is 6.05. The highest BCUT2D eigenvalue weighted by Gasteiger charge is 2.21. The smallest absolute Gasteiger partial charge is 0.339 e. The Bertz CT molecular complexity index is 907. The molecule has 3 heterocycles. The summed E-state index contributed by atoms with van der Waals surface area (Å²) in [5.41, 5.74) is 0.959. The first kappa shape index (κ1) is 29.4. The molecule has 1 aliphatic heterocycles. The number of hydrogen-bond donors (Lipinski definition) is 0. The number of piperazine rings is 1. The molecule has 1 aliphatic rings. The first-order valence-electron chi connectivity index (χ1n) is 14.2. The van der Waals surface area contributed by atoms with Crippen molar-refractivity contribution in [3.05, 3.63) is 47.8 Å². The molecule has 0 aliphatic carbocycles. The van der Waals surface area contributed by atoms with Crippen LogP contribution in [-0.4, -0.2) is 60.3 Å². The number of carbonyl (C=O) groups excluding carboxylic acids is 2. The molecular weight excluding hydrogens is 480 g/mol. The molecule has 8 heteroatoms. The van der Waals surface area contributed by atoms with E-state index in [4.69, 9.17) is 9.47 Å². The maximum Gasteiger partial charge on any atom is 0.339 e. The Morgan fingerprint density at radius 3 is 1.42 bits per heavy atom. The van der Waals surface area contributed by atoms with Crippen LogP contribution in [0.3, 0.4) is 0 Å². The van der Waals surface area contributed by atoms with E-state index in [1.165, 1.54) is 0 Å². The lowest BCUT2D eigenvalue weighted by molar-refractivity contribution is 0.0309. The molecule has 38 heavy (non-hydrogen) atoms. The summed E-state index contributed by atoms with van der Waals surface area (Å²) < 4.78 is 11.1. The molecule has 1 fully saturated rings. The molecule has 2 atom stereocenters. The van der Waals surface area contributed by atoms with Gasteiger partial charge in [-0.15, -0.1) is 0 Å². The molecule has 208 valence electrons. The SMILES string of the molecule is CCCCCC(C)OC(=O)c1ccc(N2CCN(c3ccc(C(=O)O[C@@H](C)CCCCC)cn3)CC2)nc1. The molecule has 0 amide bonds. The van der Waals surface area contributed by atoms with E-state index in [0.29, 0.717) is 11.1 Å². The number of rotatable bonds is 14. The maximum atomic E-state index is 12.4. The van der Waals surface area contributed by atoms with Gasteiger partial charge in [0.1, 0.15) is 11.6 Å². The van der Waals surface area contributed by atoms with Gasteiger partial charge in [-0.2, -0.15) is 0 Å². The lowest BCUT2D eigenvalue weighted by Crippen LogP contribution is -2.47. The summed E-state index contributed by atoms with van der Waals surface area (Å²) in [6.45, 7) is 11.3. The lowest BCUT2D eigenvalue weighted by atomic mass is 10.1. The van der Waals surface area contributed by atoms with Gasteiger partial charge in [-0.05, 0) is 63.8 Å². The van der Waals surface area contributed by atoms with Crippen molar-refractivity contribution < 1.29 is 19.1 Å². The van der Waals surface area contributed by atoms with Gasteiger partial charge in [0.2, 0.25) is 0 Å². The van der Waals surface area contributed by atoms with E-state index in [2.05, 4.69) is 33.6 Å². The van der Waals surface area contributed by atoms with Gasteiger partial charge in [0.25, 0.3) is 0 Å². The van der Waals surface area contributed by atoms with Gasteiger partial charge in [-0.3, -0.25) is 0 Å². The second-order valence-corrected chi connectivity index (χ2v) is 10.2. The molecule has 0 saturated carbocycles. The van der Waals surface area contributed by atoms with E-state index in [0.717, 1.165) is 89.2 Å². The predicted molar refractivity (Wildman–Crippen MR) is 151 cm³/mol. The number of esters is 2. The van der Waals surface area contributed by atoms with Crippen LogP contribution in [0.25, 0.3) is 0 Å². The molecule has 0 radical (unpaired) electrons. The van der Waals surface area contributed by atoms with Crippen LogP contribution in [0.15, 0.2) is 36.7 Å². The zero-order valence-corrected chi connectivity index (χ0v) is 23.5. The number of aromatic nitrogens is 2. The van der Waals surface area contributed by atoms with Crippen LogP contribution in [0, 0.1) is 0 Å². The number of ether oxygens (including phenoxy) is 2. The first-order chi connectivity index (χ1) is 18.4. The van der Waals surface area contributed by atoms with Crippen LogP contribution in [0.2, 0.25) is 0 Å². The summed E-state index contributed by atoms with van der Waals surface area (Å²) in [6.07, 6.45) is 11.5. The fraction of sp³-hybridized carbons (Fsp3) is 0.600. The van der Waals surface area contributed by atoms with Crippen molar-refractivity contribution in [1.82, 2.24) is 9.97 Å². The minimum atomic E-state index is -0.317. The second-order valence-electron chi connectivity index (χ2n) is 10.2. The molecule has 2 aromatic rings. The van der Waals surface area contributed by atoms with Crippen LogP contribution < -0.4 is 9.80 Å². The van der Waals surface area contributed by atoms with E-state index in [9.17, 15) is 9.59 Å². The standard InChI is InChI=1S/C30H44N4O4/c1-5-7-9-11-23(3)37-29(35)25-13-15-27(31-21-25)33-17-19-34(20-18-33)28-16-14-26(22-32-28)30(36)38-24(4)12-10-8-6-2/h13-16,21-24H,5-12,17-20H2,1-4H3/t23-,24?/m0/s1. The Labute approximate surface area is 227 Å². The Morgan fingerprint density at radius 2 is 1.11 bits per heavy atom. The van der Waals surface area contributed by atoms with Crippen LogP contribution >= 0.6 is 0 Å².